The average molecular weight is 391 g/mol. The number of rotatable bonds is 7. The van der Waals surface area contributed by atoms with E-state index in [4.69, 9.17) is 0 Å². The number of aromatic nitrogens is 1. The number of halogens is 1. The van der Waals surface area contributed by atoms with Crippen LogP contribution in [0.25, 0.3) is 0 Å². The summed E-state index contributed by atoms with van der Waals surface area (Å²) in [4.78, 5) is 31.1. The Hall–Kier alpha value is -3.54. The van der Waals surface area contributed by atoms with E-state index in [1.165, 1.54) is 24.0 Å². The molecule has 0 saturated carbocycles. The van der Waals surface area contributed by atoms with Crippen molar-refractivity contribution in [1.29, 1.82) is 0 Å². The summed E-state index contributed by atoms with van der Waals surface area (Å²) < 4.78 is 13.2. The number of hydrogen-bond acceptors (Lipinski definition) is 3. The number of hydrogen-bond donors (Lipinski definition) is 1. The van der Waals surface area contributed by atoms with Gasteiger partial charge in [0.2, 0.25) is 11.8 Å². The molecule has 0 radical (unpaired) electrons. The number of carbonyl (C=O) groups is 2. The van der Waals surface area contributed by atoms with Crippen molar-refractivity contribution in [3.05, 3.63) is 102 Å². The Labute approximate surface area is 169 Å². The lowest BCUT2D eigenvalue weighted by atomic mass is 10.0. The van der Waals surface area contributed by atoms with Crippen LogP contribution in [0.4, 0.5) is 4.39 Å². The Kier molecular flexibility index (Phi) is 6.68. The van der Waals surface area contributed by atoms with Crippen LogP contribution in [-0.4, -0.2) is 21.7 Å². The fourth-order valence-corrected chi connectivity index (χ4v) is 3.07. The van der Waals surface area contributed by atoms with Gasteiger partial charge in [0.25, 0.3) is 0 Å². The molecule has 29 heavy (non-hydrogen) atoms. The minimum Gasteiger partial charge on any atom is -0.350 e. The summed E-state index contributed by atoms with van der Waals surface area (Å²) in [5, 5.41) is 2.89. The number of carbonyl (C=O) groups excluding carboxylic acids is 2. The lowest BCUT2D eigenvalue weighted by Crippen LogP contribution is -2.42. The van der Waals surface area contributed by atoms with Gasteiger partial charge in [0.05, 0.1) is 0 Å². The third-order valence-corrected chi connectivity index (χ3v) is 4.54. The lowest BCUT2D eigenvalue weighted by Gasteiger charge is -2.30. The average Bonchev–Trinajstić information content (AvgIpc) is 2.74. The molecule has 2 aromatic carbocycles. The highest BCUT2D eigenvalue weighted by Crippen LogP contribution is 2.24. The molecule has 1 atom stereocenters. The first-order valence-electron chi connectivity index (χ1n) is 9.28. The van der Waals surface area contributed by atoms with Crippen molar-refractivity contribution in [2.45, 2.75) is 26.1 Å². The molecule has 0 bridgehead atoms. The summed E-state index contributed by atoms with van der Waals surface area (Å²) in [5.41, 5.74) is 2.30. The summed E-state index contributed by atoms with van der Waals surface area (Å²) in [5.74, 6) is -0.894. The molecule has 3 aromatic rings. The number of amides is 2. The van der Waals surface area contributed by atoms with Crippen molar-refractivity contribution in [3.8, 4) is 0 Å². The molecule has 6 heteroatoms. The van der Waals surface area contributed by atoms with Gasteiger partial charge < -0.3 is 10.2 Å². The second-order valence-electron chi connectivity index (χ2n) is 6.67. The molecule has 0 aliphatic heterocycles. The van der Waals surface area contributed by atoms with Gasteiger partial charge in [-0.05, 0) is 34.9 Å². The van der Waals surface area contributed by atoms with E-state index in [9.17, 15) is 14.0 Å². The largest absolute Gasteiger partial charge is 0.350 e. The van der Waals surface area contributed by atoms with Crippen LogP contribution in [0, 0.1) is 5.82 Å². The van der Waals surface area contributed by atoms with Gasteiger partial charge in [-0.2, -0.15) is 0 Å². The van der Waals surface area contributed by atoms with Crippen LogP contribution in [0.15, 0.2) is 79.1 Å². The SMILES string of the molecule is CC(=O)N(Cc1ccc(F)cc1)C(C(=O)NCc1cccnc1)c1ccccc1. The fourth-order valence-electron chi connectivity index (χ4n) is 3.07. The van der Waals surface area contributed by atoms with E-state index in [0.29, 0.717) is 12.1 Å². The molecule has 1 heterocycles. The van der Waals surface area contributed by atoms with Gasteiger partial charge in [0.15, 0.2) is 0 Å². The third kappa shape index (κ3) is 5.48. The molecule has 1 aromatic heterocycles. The highest BCUT2D eigenvalue weighted by Gasteiger charge is 2.29. The molecule has 2 amide bonds. The Morgan fingerprint density at radius 1 is 1.00 bits per heavy atom. The smallest absolute Gasteiger partial charge is 0.247 e. The van der Waals surface area contributed by atoms with E-state index >= 15 is 0 Å². The van der Waals surface area contributed by atoms with Gasteiger partial charge >= 0.3 is 0 Å². The second-order valence-corrected chi connectivity index (χ2v) is 6.67. The van der Waals surface area contributed by atoms with Crippen LogP contribution >= 0.6 is 0 Å². The Morgan fingerprint density at radius 3 is 2.34 bits per heavy atom. The first-order valence-corrected chi connectivity index (χ1v) is 9.28. The molecule has 148 valence electrons. The van der Waals surface area contributed by atoms with Gasteiger partial charge in [-0.1, -0.05) is 48.5 Å². The zero-order valence-corrected chi connectivity index (χ0v) is 16.1. The quantitative estimate of drug-likeness (QED) is 0.669. The summed E-state index contributed by atoms with van der Waals surface area (Å²) in [6.07, 6.45) is 3.34. The van der Waals surface area contributed by atoms with Crippen molar-refractivity contribution < 1.29 is 14.0 Å². The maximum atomic E-state index is 13.2. The highest BCUT2D eigenvalue weighted by atomic mass is 19.1. The molecule has 1 N–H and O–H groups in total. The van der Waals surface area contributed by atoms with E-state index in [1.54, 1.807) is 30.6 Å². The predicted octanol–water partition coefficient (Wildman–Crippen LogP) is 3.63. The maximum Gasteiger partial charge on any atom is 0.247 e. The predicted molar refractivity (Wildman–Crippen MR) is 108 cm³/mol. The van der Waals surface area contributed by atoms with Gasteiger partial charge in [-0.25, -0.2) is 4.39 Å². The van der Waals surface area contributed by atoms with E-state index in [-0.39, 0.29) is 24.2 Å². The first kappa shape index (κ1) is 20.2. The van der Waals surface area contributed by atoms with Crippen LogP contribution in [0.1, 0.15) is 29.7 Å². The molecule has 3 rings (SSSR count). The van der Waals surface area contributed by atoms with Crippen LogP contribution in [0.2, 0.25) is 0 Å². The zero-order valence-electron chi connectivity index (χ0n) is 16.1. The second kappa shape index (κ2) is 9.59. The number of nitrogens with one attached hydrogen (secondary N) is 1. The van der Waals surface area contributed by atoms with Crippen molar-refractivity contribution >= 4 is 11.8 Å². The molecule has 0 spiro atoms. The number of nitrogens with zero attached hydrogens (tertiary/aromatic N) is 2. The Bertz CT molecular complexity index is 947. The minimum atomic E-state index is -0.810. The van der Waals surface area contributed by atoms with Crippen molar-refractivity contribution in [2.24, 2.45) is 0 Å². The van der Waals surface area contributed by atoms with Gasteiger partial charge in [0.1, 0.15) is 11.9 Å². The standard InChI is InChI=1S/C23H22FN3O2/c1-17(28)27(16-18-9-11-21(24)12-10-18)22(20-7-3-2-4-8-20)23(29)26-15-19-6-5-13-25-14-19/h2-14,22H,15-16H2,1H3,(H,26,29). The number of pyridine rings is 1. The van der Waals surface area contributed by atoms with Crippen LogP contribution < -0.4 is 5.32 Å². The first-order chi connectivity index (χ1) is 14.0. The number of benzene rings is 2. The molecule has 0 fully saturated rings. The van der Waals surface area contributed by atoms with E-state index in [1.807, 2.05) is 36.4 Å². The zero-order chi connectivity index (χ0) is 20.6. The summed E-state index contributed by atoms with van der Waals surface area (Å²) in [6.45, 7) is 1.92. The molecular weight excluding hydrogens is 369 g/mol. The molecule has 5 nitrogen and oxygen atoms in total. The third-order valence-electron chi connectivity index (χ3n) is 4.54. The normalized spacial score (nSPS) is 11.5. The highest BCUT2D eigenvalue weighted by molar-refractivity contribution is 5.88. The topological polar surface area (TPSA) is 62.3 Å². The van der Waals surface area contributed by atoms with E-state index in [2.05, 4.69) is 10.3 Å². The Morgan fingerprint density at radius 2 is 1.72 bits per heavy atom. The van der Waals surface area contributed by atoms with E-state index in [0.717, 1.165) is 11.1 Å². The lowest BCUT2D eigenvalue weighted by molar-refractivity contribution is -0.140. The minimum absolute atomic E-state index is 0.190. The van der Waals surface area contributed by atoms with Crippen molar-refractivity contribution in [3.63, 3.8) is 0 Å². The van der Waals surface area contributed by atoms with Crippen LogP contribution in [0.3, 0.4) is 0 Å². The molecular formula is C23H22FN3O2. The molecule has 0 aliphatic rings. The molecule has 0 saturated heterocycles. The van der Waals surface area contributed by atoms with Gasteiger partial charge in [0, 0.05) is 32.4 Å². The fraction of sp³-hybridized carbons (Fsp3) is 0.174. The molecule has 0 aliphatic carbocycles. The van der Waals surface area contributed by atoms with Gasteiger partial charge in [-0.3, -0.25) is 14.6 Å². The Balaban J connectivity index is 1.86. The van der Waals surface area contributed by atoms with Crippen molar-refractivity contribution in [1.82, 2.24) is 15.2 Å². The van der Waals surface area contributed by atoms with Crippen LogP contribution in [0.5, 0.6) is 0 Å². The maximum absolute atomic E-state index is 13.2. The summed E-state index contributed by atoms with van der Waals surface area (Å²) in [6, 6.07) is 17.9. The van der Waals surface area contributed by atoms with Crippen LogP contribution in [-0.2, 0) is 22.7 Å². The van der Waals surface area contributed by atoms with E-state index < -0.39 is 6.04 Å². The summed E-state index contributed by atoms with van der Waals surface area (Å²) in [7, 11) is 0. The van der Waals surface area contributed by atoms with Gasteiger partial charge in [-0.15, -0.1) is 0 Å². The summed E-state index contributed by atoms with van der Waals surface area (Å²) >= 11 is 0. The van der Waals surface area contributed by atoms with Crippen molar-refractivity contribution in [2.75, 3.05) is 0 Å². The molecule has 1 unspecified atom stereocenters. The monoisotopic (exact) mass is 391 g/mol.